The van der Waals surface area contributed by atoms with Gasteiger partial charge in [0.1, 0.15) is 0 Å². The Labute approximate surface area is 96.4 Å². The summed E-state index contributed by atoms with van der Waals surface area (Å²) >= 11 is 0. The van der Waals surface area contributed by atoms with E-state index in [0.717, 1.165) is 22.5 Å². The molecule has 88 valence electrons. The molecule has 0 fully saturated rings. The third-order valence-electron chi connectivity index (χ3n) is 2.56. The molecular weight excluding hydrogens is 202 g/mol. The SMILES string of the molecule is Cc1c(N)ccc(NC(=O)CN(C)C)c1C. The number of hydrogen-bond donors (Lipinski definition) is 2. The largest absolute Gasteiger partial charge is 0.399 e. The van der Waals surface area contributed by atoms with Gasteiger partial charge in [0.15, 0.2) is 0 Å². The van der Waals surface area contributed by atoms with Crippen LogP contribution in [0.2, 0.25) is 0 Å². The molecule has 1 aromatic carbocycles. The summed E-state index contributed by atoms with van der Waals surface area (Å²) in [5.41, 5.74) is 9.40. The van der Waals surface area contributed by atoms with Crippen molar-refractivity contribution in [2.45, 2.75) is 13.8 Å². The Kier molecular flexibility index (Phi) is 3.90. The number of carbonyl (C=O) groups excluding carboxylic acids is 1. The van der Waals surface area contributed by atoms with Crippen LogP contribution in [-0.4, -0.2) is 31.4 Å². The molecule has 0 saturated carbocycles. The van der Waals surface area contributed by atoms with Crippen molar-refractivity contribution in [2.75, 3.05) is 31.7 Å². The summed E-state index contributed by atoms with van der Waals surface area (Å²) in [6.07, 6.45) is 0. The first-order valence-corrected chi connectivity index (χ1v) is 5.22. The lowest BCUT2D eigenvalue weighted by molar-refractivity contribution is -0.116. The average molecular weight is 221 g/mol. The standard InChI is InChI=1S/C12H19N3O/c1-8-9(2)11(6-5-10(8)13)14-12(16)7-15(3)4/h5-6H,7,13H2,1-4H3,(H,14,16). The number of anilines is 2. The first-order valence-electron chi connectivity index (χ1n) is 5.22. The molecule has 0 radical (unpaired) electrons. The topological polar surface area (TPSA) is 58.4 Å². The molecule has 1 aromatic rings. The van der Waals surface area contributed by atoms with Crippen molar-refractivity contribution in [3.63, 3.8) is 0 Å². The molecule has 0 unspecified atom stereocenters. The first kappa shape index (κ1) is 12.5. The Hall–Kier alpha value is -1.55. The number of likely N-dealkylation sites (N-methyl/N-ethyl adjacent to an activating group) is 1. The van der Waals surface area contributed by atoms with Gasteiger partial charge < -0.3 is 16.0 Å². The number of rotatable bonds is 3. The molecule has 0 aliphatic carbocycles. The minimum atomic E-state index is -0.0164. The van der Waals surface area contributed by atoms with Gasteiger partial charge in [-0.1, -0.05) is 0 Å². The summed E-state index contributed by atoms with van der Waals surface area (Å²) in [7, 11) is 3.72. The second-order valence-corrected chi connectivity index (χ2v) is 4.24. The van der Waals surface area contributed by atoms with Crippen LogP contribution in [0.4, 0.5) is 11.4 Å². The average Bonchev–Trinajstić information content (AvgIpc) is 2.18. The predicted octanol–water partition coefficient (Wildman–Crippen LogP) is 1.39. The van der Waals surface area contributed by atoms with E-state index in [9.17, 15) is 4.79 Å². The molecule has 0 aromatic heterocycles. The van der Waals surface area contributed by atoms with Crippen LogP contribution < -0.4 is 11.1 Å². The van der Waals surface area contributed by atoms with Gasteiger partial charge in [0.05, 0.1) is 6.54 Å². The summed E-state index contributed by atoms with van der Waals surface area (Å²) in [4.78, 5) is 13.4. The molecule has 16 heavy (non-hydrogen) atoms. The highest BCUT2D eigenvalue weighted by Gasteiger charge is 2.08. The van der Waals surface area contributed by atoms with Gasteiger partial charge in [0, 0.05) is 11.4 Å². The summed E-state index contributed by atoms with van der Waals surface area (Å²) in [5.74, 6) is -0.0164. The predicted molar refractivity (Wildman–Crippen MR) is 67.5 cm³/mol. The Morgan fingerprint density at radius 2 is 1.94 bits per heavy atom. The fraction of sp³-hybridized carbons (Fsp3) is 0.417. The van der Waals surface area contributed by atoms with Gasteiger partial charge in [-0.25, -0.2) is 0 Å². The van der Waals surface area contributed by atoms with Gasteiger partial charge in [-0.05, 0) is 51.2 Å². The lowest BCUT2D eigenvalue weighted by Gasteiger charge is -2.14. The zero-order chi connectivity index (χ0) is 12.3. The van der Waals surface area contributed by atoms with E-state index in [1.807, 2.05) is 45.0 Å². The van der Waals surface area contributed by atoms with Crippen molar-refractivity contribution in [1.82, 2.24) is 4.90 Å². The second kappa shape index (κ2) is 4.99. The van der Waals surface area contributed by atoms with Crippen LogP contribution in [0.3, 0.4) is 0 Å². The summed E-state index contributed by atoms with van der Waals surface area (Å²) in [6, 6.07) is 3.65. The van der Waals surface area contributed by atoms with E-state index in [2.05, 4.69) is 5.32 Å². The van der Waals surface area contributed by atoms with E-state index in [1.54, 1.807) is 0 Å². The first-order chi connectivity index (χ1) is 7.41. The highest BCUT2D eigenvalue weighted by molar-refractivity contribution is 5.93. The number of amides is 1. The van der Waals surface area contributed by atoms with Crippen LogP contribution in [0.5, 0.6) is 0 Å². The second-order valence-electron chi connectivity index (χ2n) is 4.24. The van der Waals surface area contributed by atoms with Gasteiger partial charge in [-0.2, -0.15) is 0 Å². The van der Waals surface area contributed by atoms with Crippen LogP contribution >= 0.6 is 0 Å². The van der Waals surface area contributed by atoms with E-state index < -0.39 is 0 Å². The lowest BCUT2D eigenvalue weighted by Crippen LogP contribution is -2.27. The number of nitrogen functional groups attached to an aromatic ring is 1. The van der Waals surface area contributed by atoms with Crippen molar-refractivity contribution >= 4 is 17.3 Å². The maximum atomic E-state index is 11.6. The third-order valence-corrected chi connectivity index (χ3v) is 2.56. The van der Waals surface area contributed by atoms with Crippen LogP contribution in [0.25, 0.3) is 0 Å². The van der Waals surface area contributed by atoms with E-state index in [-0.39, 0.29) is 5.91 Å². The van der Waals surface area contributed by atoms with Gasteiger partial charge in [-0.3, -0.25) is 4.79 Å². The van der Waals surface area contributed by atoms with Crippen LogP contribution in [0, 0.1) is 13.8 Å². The van der Waals surface area contributed by atoms with Crippen molar-refractivity contribution in [3.8, 4) is 0 Å². The fourth-order valence-corrected chi connectivity index (χ4v) is 1.45. The maximum Gasteiger partial charge on any atom is 0.238 e. The van der Waals surface area contributed by atoms with Crippen molar-refractivity contribution in [1.29, 1.82) is 0 Å². The Morgan fingerprint density at radius 1 is 1.31 bits per heavy atom. The van der Waals surface area contributed by atoms with E-state index in [0.29, 0.717) is 6.54 Å². The highest BCUT2D eigenvalue weighted by Crippen LogP contribution is 2.23. The van der Waals surface area contributed by atoms with Crippen LogP contribution in [0.15, 0.2) is 12.1 Å². The molecule has 0 aliphatic heterocycles. The number of benzene rings is 1. The fourth-order valence-electron chi connectivity index (χ4n) is 1.45. The number of hydrogen-bond acceptors (Lipinski definition) is 3. The van der Waals surface area contributed by atoms with Crippen LogP contribution in [-0.2, 0) is 4.79 Å². The maximum absolute atomic E-state index is 11.6. The molecule has 0 spiro atoms. The minimum absolute atomic E-state index is 0.0164. The minimum Gasteiger partial charge on any atom is -0.399 e. The zero-order valence-electron chi connectivity index (χ0n) is 10.3. The van der Waals surface area contributed by atoms with Gasteiger partial charge in [0.25, 0.3) is 0 Å². The molecule has 1 rings (SSSR count). The smallest absolute Gasteiger partial charge is 0.238 e. The molecule has 1 amide bonds. The summed E-state index contributed by atoms with van der Waals surface area (Å²) in [5, 5.41) is 2.87. The zero-order valence-corrected chi connectivity index (χ0v) is 10.3. The van der Waals surface area contributed by atoms with E-state index in [1.165, 1.54) is 0 Å². The number of nitrogens with zero attached hydrogens (tertiary/aromatic N) is 1. The molecule has 0 atom stereocenters. The van der Waals surface area contributed by atoms with Crippen molar-refractivity contribution < 1.29 is 4.79 Å². The third kappa shape index (κ3) is 2.97. The van der Waals surface area contributed by atoms with Gasteiger partial charge >= 0.3 is 0 Å². The Morgan fingerprint density at radius 3 is 2.50 bits per heavy atom. The normalized spacial score (nSPS) is 10.6. The van der Waals surface area contributed by atoms with E-state index in [4.69, 9.17) is 5.73 Å². The Bertz CT molecular complexity index is 399. The quantitative estimate of drug-likeness (QED) is 0.758. The number of carbonyl (C=O) groups is 1. The number of nitrogens with one attached hydrogen (secondary N) is 1. The van der Waals surface area contributed by atoms with Gasteiger partial charge in [-0.15, -0.1) is 0 Å². The molecule has 4 nitrogen and oxygen atoms in total. The van der Waals surface area contributed by atoms with Crippen molar-refractivity contribution in [3.05, 3.63) is 23.3 Å². The number of nitrogens with two attached hydrogens (primary N) is 1. The molecule has 0 saturated heterocycles. The molecule has 3 N–H and O–H groups in total. The molecule has 4 heteroatoms. The highest BCUT2D eigenvalue weighted by atomic mass is 16.2. The summed E-state index contributed by atoms with van der Waals surface area (Å²) in [6.45, 7) is 4.28. The summed E-state index contributed by atoms with van der Waals surface area (Å²) < 4.78 is 0. The monoisotopic (exact) mass is 221 g/mol. The molecule has 0 heterocycles. The Balaban J connectivity index is 2.82. The lowest BCUT2D eigenvalue weighted by atomic mass is 10.1. The van der Waals surface area contributed by atoms with Crippen molar-refractivity contribution in [2.24, 2.45) is 0 Å². The molecule has 0 aliphatic rings. The molecule has 0 bridgehead atoms. The van der Waals surface area contributed by atoms with Crippen LogP contribution in [0.1, 0.15) is 11.1 Å². The van der Waals surface area contributed by atoms with Gasteiger partial charge in [0.2, 0.25) is 5.91 Å². The molecular formula is C12H19N3O. The van der Waals surface area contributed by atoms with E-state index >= 15 is 0 Å².